The monoisotopic (exact) mass is 344 g/mol. The van der Waals surface area contributed by atoms with Crippen LogP contribution in [0.1, 0.15) is 34.1 Å². The van der Waals surface area contributed by atoms with Gasteiger partial charge in [-0.15, -0.1) is 0 Å². The summed E-state index contributed by atoms with van der Waals surface area (Å²) in [4.78, 5) is 18.1. The van der Waals surface area contributed by atoms with E-state index in [4.69, 9.17) is 4.98 Å². The molecule has 0 amide bonds. The van der Waals surface area contributed by atoms with Gasteiger partial charge in [-0.05, 0) is 24.6 Å². The Bertz CT molecular complexity index is 1010. The molecule has 1 aliphatic rings. The van der Waals surface area contributed by atoms with E-state index >= 15 is 0 Å². The lowest BCUT2D eigenvalue weighted by molar-refractivity contribution is -0.905. The predicted molar refractivity (Wildman–Crippen MR) is 100 cm³/mol. The maximum atomic E-state index is 12.0. The van der Waals surface area contributed by atoms with Crippen LogP contribution in [0.4, 0.5) is 0 Å². The van der Waals surface area contributed by atoms with E-state index in [-0.39, 0.29) is 5.56 Å². The molecule has 26 heavy (non-hydrogen) atoms. The number of rotatable bonds is 3. The van der Waals surface area contributed by atoms with Crippen LogP contribution < -0.4 is 10.0 Å². The number of pyridine rings is 1. The average molecular weight is 344 g/mol. The van der Waals surface area contributed by atoms with E-state index in [1.54, 1.807) is 0 Å². The van der Waals surface area contributed by atoms with Gasteiger partial charge in [0.1, 0.15) is 13.1 Å². The molecule has 1 N–H and O–H groups in total. The number of likely N-dealkylation sites (N-methyl/N-ethyl adjacent to an activating group) is 1. The summed E-state index contributed by atoms with van der Waals surface area (Å²) in [5.74, 6) is -1.13. The average Bonchev–Trinajstić information content (AvgIpc) is 2.66. The fourth-order valence-electron chi connectivity index (χ4n) is 3.71. The molecule has 4 nitrogen and oxygen atoms in total. The van der Waals surface area contributed by atoms with Gasteiger partial charge in [0, 0.05) is 22.1 Å². The highest BCUT2D eigenvalue weighted by Gasteiger charge is 2.28. The standard InChI is InChI=1S/C22H20N2O2/c1-2-24-13-16(12-15-8-4-3-5-9-15)21-18(14-24)20(22(25)26)17-10-6-7-11-19(17)23-21/h3-12H,2,13-14H2,1H3,(H,25,26)/b16-12+. The van der Waals surface area contributed by atoms with Gasteiger partial charge in [-0.3, -0.25) is 0 Å². The van der Waals surface area contributed by atoms with Crippen molar-refractivity contribution < 1.29 is 14.8 Å². The number of fused-ring (bicyclic) bond motifs is 2. The molecule has 1 atom stereocenters. The number of nitrogens with zero attached hydrogens (tertiary/aromatic N) is 1. The fraction of sp³-hybridized carbons (Fsp3) is 0.182. The largest absolute Gasteiger partial charge is 0.545 e. The SMILES string of the molecule is CC[NH+]1C/C(=C\c2ccccc2)c2nc3ccccc3c(C(=O)[O-])c2C1. The lowest BCUT2D eigenvalue weighted by Gasteiger charge is -2.29. The molecule has 0 saturated heterocycles. The molecule has 2 heterocycles. The quantitative estimate of drug-likeness (QED) is 0.784. The van der Waals surface area contributed by atoms with Crippen LogP contribution in [0.2, 0.25) is 0 Å². The molecule has 0 saturated carbocycles. The van der Waals surface area contributed by atoms with E-state index in [0.717, 1.165) is 35.5 Å². The first-order chi connectivity index (χ1) is 12.7. The van der Waals surface area contributed by atoms with Crippen molar-refractivity contribution in [2.45, 2.75) is 13.5 Å². The number of quaternary nitrogens is 1. The zero-order chi connectivity index (χ0) is 18.1. The number of benzene rings is 2. The van der Waals surface area contributed by atoms with Gasteiger partial charge >= 0.3 is 0 Å². The zero-order valence-corrected chi connectivity index (χ0v) is 14.7. The highest BCUT2D eigenvalue weighted by atomic mass is 16.4. The number of carbonyl (C=O) groups is 1. The first-order valence-corrected chi connectivity index (χ1v) is 8.90. The van der Waals surface area contributed by atoms with E-state index < -0.39 is 5.97 Å². The molecule has 3 aromatic rings. The van der Waals surface area contributed by atoms with Gasteiger partial charge in [0.15, 0.2) is 0 Å². The van der Waals surface area contributed by atoms with Crippen LogP contribution in [-0.4, -0.2) is 24.0 Å². The lowest BCUT2D eigenvalue weighted by atomic mass is 9.92. The Kier molecular flexibility index (Phi) is 4.27. The fourth-order valence-corrected chi connectivity index (χ4v) is 3.71. The number of hydrogen-bond acceptors (Lipinski definition) is 3. The number of nitrogens with one attached hydrogen (secondary N) is 1. The van der Waals surface area contributed by atoms with Gasteiger partial charge in [-0.1, -0.05) is 48.5 Å². The topological polar surface area (TPSA) is 57.5 Å². The number of carbonyl (C=O) groups excluding carboxylic acids is 1. The number of aromatic nitrogens is 1. The van der Waals surface area contributed by atoms with Crippen molar-refractivity contribution in [2.75, 3.05) is 13.1 Å². The molecule has 2 aromatic carbocycles. The second-order valence-electron chi connectivity index (χ2n) is 6.66. The Morgan fingerprint density at radius 3 is 2.58 bits per heavy atom. The zero-order valence-electron chi connectivity index (χ0n) is 14.7. The van der Waals surface area contributed by atoms with Crippen LogP contribution in [0.25, 0.3) is 22.6 Å². The molecule has 1 aromatic heterocycles. The van der Waals surface area contributed by atoms with E-state index in [1.807, 2.05) is 54.6 Å². The van der Waals surface area contributed by atoms with E-state index in [2.05, 4.69) is 13.0 Å². The predicted octanol–water partition coefficient (Wildman–Crippen LogP) is 1.56. The maximum Gasteiger partial charge on any atom is 0.106 e. The Balaban J connectivity index is 2.00. The van der Waals surface area contributed by atoms with Crippen LogP contribution in [0, 0.1) is 0 Å². The number of carboxylic acid groups (broad SMARTS) is 1. The highest BCUT2D eigenvalue weighted by molar-refractivity contribution is 6.04. The second kappa shape index (κ2) is 6.73. The van der Waals surface area contributed by atoms with Crippen molar-refractivity contribution in [2.24, 2.45) is 0 Å². The third-order valence-electron chi connectivity index (χ3n) is 5.01. The van der Waals surface area contributed by atoms with Gasteiger partial charge in [0.25, 0.3) is 0 Å². The summed E-state index contributed by atoms with van der Waals surface area (Å²) in [7, 11) is 0. The molecular formula is C22H20N2O2. The molecule has 0 radical (unpaired) electrons. The van der Waals surface area contributed by atoms with Crippen LogP contribution in [0.15, 0.2) is 54.6 Å². The smallest absolute Gasteiger partial charge is 0.106 e. The number of aromatic carboxylic acids is 1. The van der Waals surface area contributed by atoms with Crippen molar-refractivity contribution in [1.29, 1.82) is 0 Å². The lowest BCUT2D eigenvalue weighted by Crippen LogP contribution is -3.11. The minimum Gasteiger partial charge on any atom is -0.545 e. The minimum atomic E-state index is -1.13. The van der Waals surface area contributed by atoms with Gasteiger partial charge in [-0.2, -0.15) is 0 Å². The van der Waals surface area contributed by atoms with Crippen LogP contribution >= 0.6 is 0 Å². The maximum absolute atomic E-state index is 12.0. The van der Waals surface area contributed by atoms with Crippen molar-refractivity contribution in [3.63, 3.8) is 0 Å². The molecule has 0 fully saturated rings. The van der Waals surface area contributed by atoms with Crippen molar-refractivity contribution in [3.8, 4) is 0 Å². The van der Waals surface area contributed by atoms with Gasteiger partial charge in [-0.25, -0.2) is 4.98 Å². The summed E-state index contributed by atoms with van der Waals surface area (Å²) in [5.41, 5.74) is 4.73. The first kappa shape index (κ1) is 16.5. The van der Waals surface area contributed by atoms with Crippen LogP contribution in [-0.2, 0) is 6.54 Å². The van der Waals surface area contributed by atoms with Gasteiger partial charge in [0.2, 0.25) is 0 Å². The van der Waals surface area contributed by atoms with E-state index in [9.17, 15) is 9.90 Å². The van der Waals surface area contributed by atoms with Crippen LogP contribution in [0.5, 0.6) is 0 Å². The number of hydrogen-bond donors (Lipinski definition) is 1. The molecular weight excluding hydrogens is 324 g/mol. The Morgan fingerprint density at radius 1 is 1.12 bits per heavy atom. The van der Waals surface area contributed by atoms with Crippen LogP contribution in [0.3, 0.4) is 0 Å². The van der Waals surface area contributed by atoms with E-state index in [1.165, 1.54) is 4.90 Å². The highest BCUT2D eigenvalue weighted by Crippen LogP contribution is 2.29. The van der Waals surface area contributed by atoms with Crippen molar-refractivity contribution in [1.82, 2.24) is 4.98 Å². The molecule has 0 spiro atoms. The Labute approximate surface area is 152 Å². The molecule has 1 unspecified atom stereocenters. The summed E-state index contributed by atoms with van der Waals surface area (Å²) in [6.45, 7) is 4.52. The summed E-state index contributed by atoms with van der Waals surface area (Å²) in [6.07, 6.45) is 2.12. The molecule has 130 valence electrons. The Hall–Kier alpha value is -2.98. The van der Waals surface area contributed by atoms with Gasteiger partial charge in [0.05, 0.1) is 23.7 Å². The first-order valence-electron chi connectivity index (χ1n) is 8.90. The second-order valence-corrected chi connectivity index (χ2v) is 6.66. The summed E-state index contributed by atoms with van der Waals surface area (Å²) < 4.78 is 0. The summed E-state index contributed by atoms with van der Waals surface area (Å²) in [5, 5.41) is 12.6. The minimum absolute atomic E-state index is 0.287. The Morgan fingerprint density at radius 2 is 1.85 bits per heavy atom. The summed E-state index contributed by atoms with van der Waals surface area (Å²) in [6, 6.07) is 17.5. The molecule has 1 aliphatic heterocycles. The third kappa shape index (κ3) is 2.89. The third-order valence-corrected chi connectivity index (χ3v) is 5.01. The van der Waals surface area contributed by atoms with Gasteiger partial charge < -0.3 is 14.8 Å². The molecule has 4 rings (SSSR count). The summed E-state index contributed by atoms with van der Waals surface area (Å²) >= 11 is 0. The number of para-hydroxylation sites is 1. The molecule has 4 heteroatoms. The van der Waals surface area contributed by atoms with Crippen molar-refractivity contribution in [3.05, 3.63) is 77.0 Å². The van der Waals surface area contributed by atoms with Crippen molar-refractivity contribution >= 4 is 28.5 Å². The molecule has 0 aliphatic carbocycles. The number of carboxylic acids is 1. The molecule has 0 bridgehead atoms. The normalized spacial score (nSPS) is 18.0. The van der Waals surface area contributed by atoms with E-state index in [0.29, 0.717) is 17.4 Å².